The highest BCUT2D eigenvalue weighted by Gasteiger charge is 2.33. The van der Waals surface area contributed by atoms with E-state index in [0.717, 1.165) is 37.1 Å². The van der Waals surface area contributed by atoms with Crippen LogP contribution in [-0.4, -0.2) is 64.3 Å². The zero-order valence-electron chi connectivity index (χ0n) is 23.7. The molecule has 3 aliphatic rings. The summed E-state index contributed by atoms with van der Waals surface area (Å²) in [5.74, 6) is -0.168. The molecule has 7 rings (SSSR count). The number of amides is 2. The molecule has 0 bridgehead atoms. The highest BCUT2D eigenvalue weighted by atomic mass is 19.1. The molecule has 9 nitrogen and oxygen atoms in total. The maximum absolute atomic E-state index is 15.5. The van der Waals surface area contributed by atoms with Crippen LogP contribution in [0.25, 0.3) is 16.9 Å². The van der Waals surface area contributed by atoms with Gasteiger partial charge in [-0.3, -0.25) is 4.79 Å². The van der Waals surface area contributed by atoms with Crippen molar-refractivity contribution in [2.75, 3.05) is 31.6 Å². The molecule has 0 spiro atoms. The zero-order chi connectivity index (χ0) is 29.0. The molecule has 2 aliphatic heterocycles. The fourth-order valence-electron chi connectivity index (χ4n) is 6.35. The minimum atomic E-state index is -0.463. The lowest BCUT2D eigenvalue weighted by Crippen LogP contribution is -2.39. The molecule has 1 unspecified atom stereocenters. The van der Waals surface area contributed by atoms with Crippen LogP contribution >= 0.6 is 0 Å². The monoisotopic (exact) mass is 568 g/mol. The van der Waals surface area contributed by atoms with Crippen LogP contribution in [0.15, 0.2) is 54.6 Å². The van der Waals surface area contributed by atoms with E-state index in [1.807, 2.05) is 34.1 Å². The van der Waals surface area contributed by atoms with E-state index >= 15 is 4.39 Å². The van der Waals surface area contributed by atoms with E-state index in [4.69, 9.17) is 14.8 Å². The number of methoxy groups -OCH3 is 1. The topological polar surface area (TPSA) is 92.1 Å². The van der Waals surface area contributed by atoms with Crippen LogP contribution in [0.4, 0.5) is 14.9 Å². The Bertz CT molecular complexity index is 1700. The minimum Gasteiger partial charge on any atom is -0.453 e. The fourth-order valence-corrected chi connectivity index (χ4v) is 6.35. The molecular formula is C32H33FN6O3. The van der Waals surface area contributed by atoms with Crippen LogP contribution in [-0.2, 0) is 11.2 Å². The number of aromatic nitrogens is 3. The van der Waals surface area contributed by atoms with Gasteiger partial charge >= 0.3 is 6.09 Å². The van der Waals surface area contributed by atoms with Gasteiger partial charge in [-0.05, 0) is 68.0 Å². The molecule has 2 atom stereocenters. The average Bonchev–Trinajstić information content (AvgIpc) is 3.59. The Morgan fingerprint density at radius 1 is 1.05 bits per heavy atom. The summed E-state index contributed by atoms with van der Waals surface area (Å²) in [6, 6.07) is 17.0. The number of rotatable bonds is 5. The maximum Gasteiger partial charge on any atom is 0.407 e. The van der Waals surface area contributed by atoms with Crippen LogP contribution in [0.5, 0.6) is 0 Å². The van der Waals surface area contributed by atoms with Gasteiger partial charge in [-0.15, -0.1) is 0 Å². The largest absolute Gasteiger partial charge is 0.453 e. The summed E-state index contributed by atoms with van der Waals surface area (Å²) in [6.45, 7) is 3.99. The van der Waals surface area contributed by atoms with Crippen molar-refractivity contribution < 1.29 is 18.7 Å². The van der Waals surface area contributed by atoms with E-state index in [9.17, 15) is 9.59 Å². The first kappa shape index (κ1) is 26.4. The maximum atomic E-state index is 15.5. The molecule has 2 aromatic heterocycles. The lowest BCUT2D eigenvalue weighted by Gasteiger charge is -2.35. The molecule has 4 aromatic rings. The molecule has 4 heterocycles. The average molecular weight is 569 g/mol. The molecule has 0 radical (unpaired) electrons. The Balaban J connectivity index is 1.17. The number of nitrogens with one attached hydrogen (secondary N) is 1. The molecule has 216 valence electrons. The number of alkyl carbamates (subject to hydrolysis) is 1. The Kier molecular flexibility index (Phi) is 6.56. The SMILES string of the molecule is COC(=O)NC1CCN(c2ccc(-c3cc4nc(C(=O)N5CCc6ccccc6[C@H]5C)cc(C5CC5)n4n3)c(F)c2)C1. The van der Waals surface area contributed by atoms with Gasteiger partial charge in [0.1, 0.15) is 11.5 Å². The number of carbonyl (C=O) groups excluding carboxylic acids is 2. The molecule has 10 heteroatoms. The number of fused-ring (bicyclic) bond motifs is 2. The Morgan fingerprint density at radius 3 is 2.67 bits per heavy atom. The molecule has 42 heavy (non-hydrogen) atoms. The number of nitrogens with zero attached hydrogens (tertiary/aromatic N) is 5. The van der Waals surface area contributed by atoms with E-state index in [1.54, 1.807) is 16.6 Å². The van der Waals surface area contributed by atoms with Crippen LogP contribution in [0.1, 0.15) is 65.5 Å². The van der Waals surface area contributed by atoms with Crippen molar-refractivity contribution in [3.05, 3.63) is 82.9 Å². The second-order valence-electron chi connectivity index (χ2n) is 11.5. The fraction of sp³-hybridized carbons (Fsp3) is 0.375. The quantitative estimate of drug-likeness (QED) is 0.360. The zero-order valence-corrected chi connectivity index (χ0v) is 23.7. The first-order valence-corrected chi connectivity index (χ1v) is 14.6. The number of halogens is 1. The Morgan fingerprint density at radius 2 is 1.88 bits per heavy atom. The van der Waals surface area contributed by atoms with Crippen molar-refractivity contribution in [1.82, 2.24) is 24.8 Å². The van der Waals surface area contributed by atoms with Gasteiger partial charge < -0.3 is 19.9 Å². The summed E-state index contributed by atoms with van der Waals surface area (Å²) in [4.78, 5) is 34.0. The van der Waals surface area contributed by atoms with Crippen molar-refractivity contribution >= 4 is 23.3 Å². The van der Waals surface area contributed by atoms with Gasteiger partial charge in [0.05, 0.1) is 24.9 Å². The number of anilines is 1. The van der Waals surface area contributed by atoms with Crippen molar-refractivity contribution in [2.24, 2.45) is 0 Å². The molecule has 1 N–H and O–H groups in total. The molecule has 2 amide bonds. The van der Waals surface area contributed by atoms with Gasteiger partial charge in [0.2, 0.25) is 0 Å². The third-order valence-corrected chi connectivity index (χ3v) is 8.81. The predicted molar refractivity (Wildman–Crippen MR) is 156 cm³/mol. The van der Waals surface area contributed by atoms with Crippen molar-refractivity contribution in [2.45, 2.75) is 50.6 Å². The van der Waals surface area contributed by atoms with Gasteiger partial charge in [-0.2, -0.15) is 5.10 Å². The highest BCUT2D eigenvalue weighted by Crippen LogP contribution is 2.41. The van der Waals surface area contributed by atoms with Crippen LogP contribution in [0.2, 0.25) is 0 Å². The normalized spacial score (nSPS) is 20.1. The molecule has 1 saturated heterocycles. The lowest BCUT2D eigenvalue weighted by molar-refractivity contribution is 0.0671. The number of hydrogen-bond donors (Lipinski definition) is 1. The molecule has 2 fully saturated rings. The van der Waals surface area contributed by atoms with Gasteiger partial charge in [0, 0.05) is 48.6 Å². The van der Waals surface area contributed by atoms with Gasteiger partial charge in [0.25, 0.3) is 5.91 Å². The number of ether oxygens (including phenoxy) is 1. The van der Waals surface area contributed by atoms with E-state index in [0.29, 0.717) is 48.2 Å². The van der Waals surface area contributed by atoms with E-state index in [-0.39, 0.29) is 23.8 Å². The van der Waals surface area contributed by atoms with E-state index in [2.05, 4.69) is 24.4 Å². The molecule has 1 saturated carbocycles. The van der Waals surface area contributed by atoms with Gasteiger partial charge in [-0.1, -0.05) is 24.3 Å². The third-order valence-electron chi connectivity index (χ3n) is 8.81. The van der Waals surface area contributed by atoms with E-state index < -0.39 is 6.09 Å². The molecular weight excluding hydrogens is 535 g/mol. The number of benzene rings is 2. The van der Waals surface area contributed by atoms with E-state index in [1.165, 1.54) is 24.3 Å². The molecule has 1 aliphatic carbocycles. The molecule has 2 aromatic carbocycles. The number of carbonyl (C=O) groups is 2. The van der Waals surface area contributed by atoms with Crippen LogP contribution < -0.4 is 10.2 Å². The first-order valence-electron chi connectivity index (χ1n) is 14.6. The summed E-state index contributed by atoms with van der Waals surface area (Å²) < 4.78 is 22.0. The van der Waals surface area contributed by atoms with Crippen molar-refractivity contribution in [1.29, 1.82) is 0 Å². The van der Waals surface area contributed by atoms with Gasteiger partial charge in [0.15, 0.2) is 5.65 Å². The summed E-state index contributed by atoms with van der Waals surface area (Å²) in [5.41, 5.74) is 5.95. The van der Waals surface area contributed by atoms with Crippen LogP contribution in [0, 0.1) is 5.82 Å². The van der Waals surface area contributed by atoms with Crippen LogP contribution in [0.3, 0.4) is 0 Å². The Hall–Kier alpha value is -4.47. The summed E-state index contributed by atoms with van der Waals surface area (Å²) in [6.07, 6.45) is 3.16. The predicted octanol–water partition coefficient (Wildman–Crippen LogP) is 5.11. The summed E-state index contributed by atoms with van der Waals surface area (Å²) >= 11 is 0. The standard InChI is InChI=1S/C32H33FN6O3/c1-19-24-6-4-3-5-20(24)11-14-38(19)31(40)28-16-29(21-7-8-21)39-30(35-28)17-27(36-39)25-10-9-23(15-26(25)33)37-13-12-22(18-37)34-32(41)42-2/h3-6,9-10,15-17,19,21-22H,7-8,11-14,18H2,1-2H3,(H,34,41)/t19-,22?/m1/s1. The highest BCUT2D eigenvalue weighted by molar-refractivity contribution is 5.93. The Labute approximate surface area is 243 Å². The van der Waals surface area contributed by atoms with Crippen molar-refractivity contribution in [3.8, 4) is 11.3 Å². The smallest absolute Gasteiger partial charge is 0.407 e. The second kappa shape index (κ2) is 10.4. The first-order chi connectivity index (χ1) is 20.4. The summed E-state index contributed by atoms with van der Waals surface area (Å²) in [7, 11) is 1.34. The second-order valence-corrected chi connectivity index (χ2v) is 11.5. The van der Waals surface area contributed by atoms with Gasteiger partial charge in [-0.25, -0.2) is 18.7 Å². The van der Waals surface area contributed by atoms with Crippen molar-refractivity contribution in [3.63, 3.8) is 0 Å². The summed E-state index contributed by atoms with van der Waals surface area (Å²) in [5, 5.41) is 7.57. The lowest BCUT2D eigenvalue weighted by atomic mass is 9.93. The minimum absolute atomic E-state index is 0.0416. The third kappa shape index (κ3) is 4.74. The number of hydrogen-bond acceptors (Lipinski definition) is 6.